The lowest BCUT2D eigenvalue weighted by Gasteiger charge is -2.08. The van der Waals surface area contributed by atoms with Crippen LogP contribution in [0.15, 0.2) is 71.9 Å². The molecule has 0 N–H and O–H groups in total. The number of unbranched alkanes of at least 4 members (excludes halogenated alkanes) is 6. The predicted octanol–water partition coefficient (Wildman–Crippen LogP) is 8.45. The number of ketones is 1. The fraction of sp³-hybridized carbons (Fsp3) is 0.364. The number of hydrogen-bond acceptors (Lipinski definition) is 4. The third-order valence-electron chi connectivity index (χ3n) is 7.11. The first-order valence-corrected chi connectivity index (χ1v) is 13.9. The Hall–Kier alpha value is -3.73. The second-order valence-electron chi connectivity index (χ2n) is 9.90. The van der Waals surface area contributed by atoms with Gasteiger partial charge in [-0.25, -0.2) is 4.79 Å². The molecule has 3 aromatic carbocycles. The highest BCUT2D eigenvalue weighted by atomic mass is 16.7. The summed E-state index contributed by atoms with van der Waals surface area (Å²) in [6, 6.07) is 21.6. The van der Waals surface area contributed by atoms with Crippen molar-refractivity contribution >= 4 is 39.3 Å². The van der Waals surface area contributed by atoms with Crippen LogP contribution in [0.2, 0.25) is 0 Å². The number of aryl methyl sites for hydroxylation is 1. The molecule has 0 aliphatic carbocycles. The van der Waals surface area contributed by atoms with Gasteiger partial charge in [0.15, 0.2) is 5.78 Å². The van der Waals surface area contributed by atoms with Crippen LogP contribution in [-0.4, -0.2) is 22.0 Å². The minimum atomic E-state index is -0.421. The van der Waals surface area contributed by atoms with E-state index in [9.17, 15) is 9.59 Å². The van der Waals surface area contributed by atoms with Crippen LogP contribution in [0.3, 0.4) is 0 Å². The zero-order chi connectivity index (χ0) is 26.9. The zero-order valence-electron chi connectivity index (χ0n) is 22.8. The first-order valence-electron chi connectivity index (χ1n) is 13.9. The lowest BCUT2D eigenvalue weighted by Crippen LogP contribution is -2.04. The van der Waals surface area contributed by atoms with E-state index in [1.807, 2.05) is 48.5 Å². The molecule has 0 saturated heterocycles. The predicted molar refractivity (Wildman–Crippen MR) is 156 cm³/mol. The highest BCUT2D eigenvalue weighted by molar-refractivity contribution is 6.16. The summed E-state index contributed by atoms with van der Waals surface area (Å²) in [5.41, 5.74) is 5.27. The molecule has 4 aromatic rings. The van der Waals surface area contributed by atoms with Crippen LogP contribution in [0, 0.1) is 0 Å². The number of oxime groups is 1. The molecule has 1 aromatic heterocycles. The van der Waals surface area contributed by atoms with Gasteiger partial charge in [0.05, 0.1) is 5.71 Å². The standard InChI is InChI=1S/C33H38N2O3/c1-4-6-7-8-9-10-14-17-30(34-38-24(3)36)26-18-20-31-28(22-26)29-23-27(19-21-32(29)35(31)5-2)33(37)25-15-12-11-13-16-25/h11-13,15-16,18-23H,4-10,14,17H2,1-3H3/b34-30+. The van der Waals surface area contributed by atoms with Crippen LogP contribution < -0.4 is 0 Å². The fourth-order valence-electron chi connectivity index (χ4n) is 5.13. The summed E-state index contributed by atoms with van der Waals surface area (Å²) in [6.07, 6.45) is 9.18. The van der Waals surface area contributed by atoms with Crippen molar-refractivity contribution in [3.05, 3.63) is 83.4 Å². The van der Waals surface area contributed by atoms with Gasteiger partial charge >= 0.3 is 5.97 Å². The molecule has 1 heterocycles. The molecule has 0 saturated carbocycles. The fourth-order valence-corrected chi connectivity index (χ4v) is 5.13. The SMILES string of the molecule is CCCCCCCCC/C(=N\OC(C)=O)c1ccc2c(c1)c1cc(C(=O)c3ccccc3)ccc1n2CC. The quantitative estimate of drug-likeness (QED) is 0.0596. The van der Waals surface area contributed by atoms with Gasteiger partial charge < -0.3 is 9.40 Å². The van der Waals surface area contributed by atoms with Gasteiger partial charge in [0.25, 0.3) is 0 Å². The molecular weight excluding hydrogens is 472 g/mol. The van der Waals surface area contributed by atoms with E-state index in [0.29, 0.717) is 11.1 Å². The molecule has 0 aliphatic heterocycles. The van der Waals surface area contributed by atoms with Crippen LogP contribution in [0.4, 0.5) is 0 Å². The minimum absolute atomic E-state index is 0.0112. The van der Waals surface area contributed by atoms with E-state index in [1.165, 1.54) is 39.0 Å². The summed E-state index contributed by atoms with van der Waals surface area (Å²) in [7, 11) is 0. The smallest absolute Gasteiger partial charge is 0.331 e. The second kappa shape index (κ2) is 13.2. The number of rotatable bonds is 13. The Balaban J connectivity index is 1.67. The van der Waals surface area contributed by atoms with Crippen LogP contribution in [-0.2, 0) is 16.2 Å². The molecule has 0 amide bonds. The lowest BCUT2D eigenvalue weighted by molar-refractivity contribution is -0.140. The van der Waals surface area contributed by atoms with Crippen LogP contribution in [0.5, 0.6) is 0 Å². The first-order chi connectivity index (χ1) is 18.5. The van der Waals surface area contributed by atoms with Gasteiger partial charge in [0.1, 0.15) is 0 Å². The minimum Gasteiger partial charge on any atom is -0.341 e. The Kier molecular flexibility index (Phi) is 9.47. The molecule has 5 heteroatoms. The molecule has 0 bridgehead atoms. The Morgan fingerprint density at radius 2 is 1.34 bits per heavy atom. The molecule has 5 nitrogen and oxygen atoms in total. The number of carbonyl (C=O) groups is 2. The van der Waals surface area contributed by atoms with Crippen LogP contribution in [0.25, 0.3) is 21.8 Å². The maximum Gasteiger partial charge on any atom is 0.331 e. The molecule has 0 atom stereocenters. The van der Waals surface area contributed by atoms with Crippen molar-refractivity contribution < 1.29 is 14.4 Å². The van der Waals surface area contributed by atoms with Crippen LogP contribution >= 0.6 is 0 Å². The van der Waals surface area contributed by atoms with Crippen molar-refractivity contribution in [1.29, 1.82) is 0 Å². The average Bonchev–Trinajstić information content (AvgIpc) is 3.26. The van der Waals surface area contributed by atoms with Crippen molar-refractivity contribution in [2.24, 2.45) is 5.16 Å². The van der Waals surface area contributed by atoms with Gasteiger partial charge in [0.2, 0.25) is 0 Å². The topological polar surface area (TPSA) is 60.7 Å². The molecule has 198 valence electrons. The van der Waals surface area contributed by atoms with Gasteiger partial charge in [-0.2, -0.15) is 0 Å². The maximum atomic E-state index is 13.2. The average molecular weight is 511 g/mol. The summed E-state index contributed by atoms with van der Waals surface area (Å²) in [4.78, 5) is 29.8. The normalized spacial score (nSPS) is 11.8. The van der Waals surface area contributed by atoms with E-state index >= 15 is 0 Å². The number of aromatic nitrogens is 1. The third kappa shape index (κ3) is 6.39. The molecule has 0 radical (unpaired) electrons. The van der Waals surface area contributed by atoms with Crippen LogP contribution in [0.1, 0.15) is 93.6 Å². The largest absolute Gasteiger partial charge is 0.341 e. The lowest BCUT2D eigenvalue weighted by atomic mass is 9.99. The van der Waals surface area contributed by atoms with Gasteiger partial charge in [0, 0.05) is 52.0 Å². The van der Waals surface area contributed by atoms with Crippen molar-refractivity contribution in [3.8, 4) is 0 Å². The number of carbonyl (C=O) groups excluding carboxylic acids is 2. The highest BCUT2D eigenvalue weighted by Gasteiger charge is 2.16. The summed E-state index contributed by atoms with van der Waals surface area (Å²) in [5, 5.41) is 6.35. The van der Waals surface area contributed by atoms with Crippen molar-refractivity contribution in [3.63, 3.8) is 0 Å². The molecule has 0 fully saturated rings. The third-order valence-corrected chi connectivity index (χ3v) is 7.11. The van der Waals surface area contributed by atoms with Crippen molar-refractivity contribution in [2.75, 3.05) is 0 Å². The molecule has 0 unspecified atom stereocenters. The second-order valence-corrected chi connectivity index (χ2v) is 9.90. The van der Waals surface area contributed by atoms with E-state index < -0.39 is 5.97 Å². The Bertz CT molecular complexity index is 1430. The van der Waals surface area contributed by atoms with E-state index in [0.717, 1.165) is 58.9 Å². The number of fused-ring (bicyclic) bond motifs is 3. The van der Waals surface area contributed by atoms with Gasteiger partial charge in [-0.3, -0.25) is 4.79 Å². The summed E-state index contributed by atoms with van der Waals surface area (Å²) < 4.78 is 2.27. The Morgan fingerprint density at radius 3 is 1.97 bits per heavy atom. The zero-order valence-corrected chi connectivity index (χ0v) is 22.8. The van der Waals surface area contributed by atoms with Gasteiger partial charge in [-0.05, 0) is 50.1 Å². The molecule has 0 spiro atoms. The summed E-state index contributed by atoms with van der Waals surface area (Å²) in [6.45, 7) is 6.55. The number of benzene rings is 3. The van der Waals surface area contributed by atoms with E-state index in [1.54, 1.807) is 0 Å². The molecular formula is C33H38N2O3. The van der Waals surface area contributed by atoms with Crippen molar-refractivity contribution in [1.82, 2.24) is 4.57 Å². The highest BCUT2D eigenvalue weighted by Crippen LogP contribution is 2.32. The van der Waals surface area contributed by atoms with E-state index in [2.05, 4.69) is 41.8 Å². The number of hydrogen-bond donors (Lipinski definition) is 0. The first kappa shape index (κ1) is 27.3. The van der Waals surface area contributed by atoms with Gasteiger partial charge in [-0.15, -0.1) is 0 Å². The van der Waals surface area contributed by atoms with E-state index in [4.69, 9.17) is 4.84 Å². The maximum absolute atomic E-state index is 13.2. The summed E-state index contributed by atoms with van der Waals surface area (Å²) >= 11 is 0. The molecule has 4 rings (SSSR count). The van der Waals surface area contributed by atoms with Crippen molar-refractivity contribution in [2.45, 2.75) is 78.7 Å². The van der Waals surface area contributed by atoms with E-state index in [-0.39, 0.29) is 5.78 Å². The Labute approximate surface area is 225 Å². The molecule has 0 aliphatic rings. The monoisotopic (exact) mass is 510 g/mol. The number of nitrogens with zero attached hydrogens (tertiary/aromatic N) is 2. The Morgan fingerprint density at radius 1 is 0.737 bits per heavy atom. The summed E-state index contributed by atoms with van der Waals surface area (Å²) in [5.74, 6) is -0.410. The van der Waals surface area contributed by atoms with Gasteiger partial charge in [-0.1, -0.05) is 87.0 Å². The molecule has 38 heavy (non-hydrogen) atoms.